The standard InChI is InChI=1S/C11H14O5P/c1-4-16-17(13)11(12)10-8(14-2)6-5-7-9(10)15-3/h5-7H,4H2,1-3H3/q+1. The van der Waals surface area contributed by atoms with E-state index in [-0.39, 0.29) is 12.2 Å². The van der Waals surface area contributed by atoms with Crippen molar-refractivity contribution < 1.29 is 23.4 Å². The molecule has 0 radical (unpaired) electrons. The van der Waals surface area contributed by atoms with E-state index in [2.05, 4.69) is 0 Å². The van der Waals surface area contributed by atoms with E-state index in [1.807, 2.05) is 0 Å². The summed E-state index contributed by atoms with van der Waals surface area (Å²) >= 11 is 0. The van der Waals surface area contributed by atoms with Gasteiger partial charge in [0.05, 0.1) is 14.2 Å². The molecule has 0 bridgehead atoms. The van der Waals surface area contributed by atoms with E-state index in [1.54, 1.807) is 25.1 Å². The van der Waals surface area contributed by atoms with Gasteiger partial charge in [-0.15, -0.1) is 4.52 Å². The van der Waals surface area contributed by atoms with Gasteiger partial charge in [-0.2, -0.15) is 0 Å². The summed E-state index contributed by atoms with van der Waals surface area (Å²) in [6, 6.07) is 4.89. The Morgan fingerprint density at radius 1 is 1.24 bits per heavy atom. The first kappa shape index (κ1) is 13.6. The van der Waals surface area contributed by atoms with Crippen LogP contribution >= 0.6 is 8.03 Å². The molecule has 0 aliphatic rings. The van der Waals surface area contributed by atoms with Gasteiger partial charge >= 0.3 is 13.6 Å². The van der Waals surface area contributed by atoms with E-state index < -0.39 is 13.6 Å². The lowest BCUT2D eigenvalue weighted by Gasteiger charge is -2.07. The molecule has 0 amide bonds. The molecule has 1 unspecified atom stereocenters. The first-order valence-electron chi connectivity index (χ1n) is 5.01. The summed E-state index contributed by atoms with van der Waals surface area (Å²) in [7, 11) is 0.449. The summed E-state index contributed by atoms with van der Waals surface area (Å²) in [6.07, 6.45) is 0. The lowest BCUT2D eigenvalue weighted by atomic mass is 10.2. The molecule has 1 aromatic rings. The molecule has 1 atom stereocenters. The van der Waals surface area contributed by atoms with E-state index in [0.717, 1.165) is 0 Å². The van der Waals surface area contributed by atoms with Crippen molar-refractivity contribution in [3.63, 3.8) is 0 Å². The molecule has 0 N–H and O–H groups in total. The SMILES string of the molecule is CCO[P+](=O)C(=O)c1c(OC)cccc1OC. The van der Waals surface area contributed by atoms with Crippen LogP contribution in [0.3, 0.4) is 0 Å². The Hall–Kier alpha value is -1.45. The number of hydrogen-bond acceptors (Lipinski definition) is 5. The van der Waals surface area contributed by atoms with Gasteiger partial charge in [-0.1, -0.05) is 6.07 Å². The zero-order valence-corrected chi connectivity index (χ0v) is 10.8. The van der Waals surface area contributed by atoms with Crippen molar-refractivity contribution in [2.45, 2.75) is 6.92 Å². The highest BCUT2D eigenvalue weighted by molar-refractivity contribution is 7.60. The summed E-state index contributed by atoms with van der Waals surface area (Å²) in [5, 5.41) is 0. The molecule has 0 saturated carbocycles. The summed E-state index contributed by atoms with van der Waals surface area (Å²) in [6.45, 7) is 1.87. The van der Waals surface area contributed by atoms with Crippen LogP contribution in [-0.4, -0.2) is 26.4 Å². The predicted molar refractivity (Wildman–Crippen MR) is 63.1 cm³/mol. The maximum absolute atomic E-state index is 11.9. The number of carbonyl (C=O) groups is 1. The third-order valence-corrected chi connectivity index (χ3v) is 3.10. The molecule has 0 fully saturated rings. The predicted octanol–water partition coefficient (Wildman–Crippen LogP) is 2.62. The van der Waals surface area contributed by atoms with Crippen LogP contribution in [0.25, 0.3) is 0 Å². The molecule has 0 aliphatic heterocycles. The van der Waals surface area contributed by atoms with Gasteiger partial charge in [-0.25, -0.2) is 4.79 Å². The third kappa shape index (κ3) is 3.02. The number of ether oxygens (including phenoxy) is 2. The minimum Gasteiger partial charge on any atom is -0.496 e. The molecular formula is C11H14O5P+. The topological polar surface area (TPSA) is 61.8 Å². The third-order valence-electron chi connectivity index (χ3n) is 2.05. The largest absolute Gasteiger partial charge is 0.593 e. The second-order valence-corrected chi connectivity index (χ2v) is 4.20. The number of hydrogen-bond donors (Lipinski definition) is 0. The monoisotopic (exact) mass is 257 g/mol. The van der Waals surface area contributed by atoms with Gasteiger partial charge in [0.25, 0.3) is 0 Å². The van der Waals surface area contributed by atoms with Gasteiger partial charge in [0.1, 0.15) is 18.1 Å². The van der Waals surface area contributed by atoms with Crippen molar-refractivity contribution in [2.24, 2.45) is 0 Å². The van der Waals surface area contributed by atoms with Crippen LogP contribution in [0.2, 0.25) is 0 Å². The van der Waals surface area contributed by atoms with Crippen LogP contribution < -0.4 is 9.47 Å². The molecule has 1 aromatic carbocycles. The first-order valence-corrected chi connectivity index (χ1v) is 6.18. The fourth-order valence-electron chi connectivity index (χ4n) is 1.33. The van der Waals surface area contributed by atoms with E-state index >= 15 is 0 Å². The van der Waals surface area contributed by atoms with Crippen LogP contribution in [0.5, 0.6) is 11.5 Å². The van der Waals surface area contributed by atoms with Crippen molar-refractivity contribution in [3.8, 4) is 11.5 Å². The van der Waals surface area contributed by atoms with Crippen molar-refractivity contribution >= 4 is 13.6 Å². The molecule has 0 heterocycles. The highest BCUT2D eigenvalue weighted by Gasteiger charge is 2.37. The lowest BCUT2D eigenvalue weighted by Crippen LogP contribution is -2.02. The fourth-order valence-corrected chi connectivity index (χ4v) is 2.08. The molecular weight excluding hydrogens is 243 g/mol. The minimum atomic E-state index is -2.41. The maximum atomic E-state index is 11.9. The van der Waals surface area contributed by atoms with Gasteiger partial charge in [-0.3, -0.25) is 0 Å². The Labute approximate surface area is 101 Å². The van der Waals surface area contributed by atoms with Crippen LogP contribution in [-0.2, 0) is 9.09 Å². The van der Waals surface area contributed by atoms with E-state index in [9.17, 15) is 9.36 Å². The van der Waals surface area contributed by atoms with Crippen molar-refractivity contribution in [1.82, 2.24) is 0 Å². The number of methoxy groups -OCH3 is 2. The maximum Gasteiger partial charge on any atom is 0.593 e. The number of carbonyl (C=O) groups excluding carboxylic acids is 1. The van der Waals surface area contributed by atoms with Crippen LogP contribution in [0.4, 0.5) is 0 Å². The van der Waals surface area contributed by atoms with Crippen LogP contribution in [0.1, 0.15) is 17.3 Å². The molecule has 6 heteroatoms. The van der Waals surface area contributed by atoms with Gasteiger partial charge < -0.3 is 9.47 Å². The summed E-state index contributed by atoms with van der Waals surface area (Å²) in [4.78, 5) is 11.9. The quantitative estimate of drug-likeness (QED) is 0.733. The lowest BCUT2D eigenvalue weighted by molar-refractivity contribution is 0.105. The molecule has 0 saturated heterocycles. The molecule has 17 heavy (non-hydrogen) atoms. The second kappa shape index (κ2) is 6.33. The molecule has 5 nitrogen and oxygen atoms in total. The fraction of sp³-hybridized carbons (Fsp3) is 0.364. The van der Waals surface area contributed by atoms with Crippen molar-refractivity contribution in [3.05, 3.63) is 23.8 Å². The van der Waals surface area contributed by atoms with Gasteiger partial charge in [0.15, 0.2) is 5.56 Å². The Bertz CT molecular complexity index is 408. The highest BCUT2D eigenvalue weighted by Crippen LogP contribution is 2.37. The summed E-state index contributed by atoms with van der Waals surface area (Å²) in [5.41, 5.74) is -0.483. The average molecular weight is 257 g/mol. The zero-order valence-electron chi connectivity index (χ0n) is 9.93. The number of benzene rings is 1. The van der Waals surface area contributed by atoms with E-state index in [1.165, 1.54) is 14.2 Å². The molecule has 0 aliphatic carbocycles. The number of rotatable bonds is 6. The Balaban J connectivity index is 3.18. The summed E-state index contributed by atoms with van der Waals surface area (Å²) in [5.74, 6) is 0.634. The Morgan fingerprint density at radius 2 is 1.76 bits per heavy atom. The first-order chi connectivity index (χ1) is 8.15. The Morgan fingerprint density at radius 3 is 2.18 bits per heavy atom. The van der Waals surface area contributed by atoms with Gasteiger partial charge in [0.2, 0.25) is 0 Å². The average Bonchev–Trinajstić information content (AvgIpc) is 2.37. The molecule has 0 aromatic heterocycles. The second-order valence-electron chi connectivity index (χ2n) is 3.02. The molecule has 1 rings (SSSR count). The molecule has 0 spiro atoms. The minimum absolute atomic E-state index is 0.145. The molecule has 92 valence electrons. The van der Waals surface area contributed by atoms with E-state index in [4.69, 9.17) is 14.0 Å². The summed E-state index contributed by atoms with van der Waals surface area (Å²) < 4.78 is 26.5. The van der Waals surface area contributed by atoms with Crippen molar-refractivity contribution in [2.75, 3.05) is 20.8 Å². The van der Waals surface area contributed by atoms with Crippen molar-refractivity contribution in [1.29, 1.82) is 0 Å². The van der Waals surface area contributed by atoms with Crippen LogP contribution in [0, 0.1) is 0 Å². The van der Waals surface area contributed by atoms with Gasteiger partial charge in [0, 0.05) is 0 Å². The van der Waals surface area contributed by atoms with Gasteiger partial charge in [-0.05, 0) is 23.6 Å². The highest BCUT2D eigenvalue weighted by atomic mass is 31.1. The Kier molecular flexibility index (Phi) is 5.07. The smallest absolute Gasteiger partial charge is 0.496 e. The zero-order chi connectivity index (χ0) is 12.8. The normalized spacial score (nSPS) is 10.9. The van der Waals surface area contributed by atoms with Crippen LogP contribution in [0.15, 0.2) is 18.2 Å². The van der Waals surface area contributed by atoms with E-state index in [0.29, 0.717) is 11.5 Å².